The number of nitrogens with one attached hydrogen (secondary N) is 1. The minimum atomic E-state index is -0.172. The van der Waals surface area contributed by atoms with Gasteiger partial charge in [-0.05, 0) is 31.5 Å². The number of anilines is 1. The standard InChI is InChI=1S/C17H23N3O4/c1-12-5-9-24-10-8-19(12)16(21)13-3-4-15(23-2)14(11-13)20-7-6-18-17(20)22/h3-4,11-12H,5-10H2,1-2H3,(H,18,22). The van der Waals surface area contributed by atoms with Gasteiger partial charge in [0.15, 0.2) is 0 Å². The van der Waals surface area contributed by atoms with Gasteiger partial charge >= 0.3 is 6.03 Å². The van der Waals surface area contributed by atoms with E-state index in [0.29, 0.717) is 49.8 Å². The van der Waals surface area contributed by atoms with Gasteiger partial charge in [-0.25, -0.2) is 4.79 Å². The van der Waals surface area contributed by atoms with Crippen LogP contribution in [0.3, 0.4) is 0 Å². The number of hydrogen-bond acceptors (Lipinski definition) is 4. The summed E-state index contributed by atoms with van der Waals surface area (Å²) < 4.78 is 10.8. The molecule has 2 fully saturated rings. The largest absolute Gasteiger partial charge is 0.495 e. The van der Waals surface area contributed by atoms with Crippen LogP contribution in [0.2, 0.25) is 0 Å². The monoisotopic (exact) mass is 333 g/mol. The molecule has 130 valence electrons. The van der Waals surface area contributed by atoms with Gasteiger partial charge in [0.25, 0.3) is 5.91 Å². The zero-order chi connectivity index (χ0) is 17.1. The van der Waals surface area contributed by atoms with Gasteiger partial charge in [-0.15, -0.1) is 0 Å². The molecule has 2 heterocycles. The number of carbonyl (C=O) groups excluding carboxylic acids is 2. The van der Waals surface area contributed by atoms with E-state index in [1.807, 2.05) is 11.8 Å². The van der Waals surface area contributed by atoms with Gasteiger partial charge in [0.1, 0.15) is 5.75 Å². The number of nitrogens with zero attached hydrogens (tertiary/aromatic N) is 2. The van der Waals surface area contributed by atoms with Crippen LogP contribution in [0.1, 0.15) is 23.7 Å². The van der Waals surface area contributed by atoms with Gasteiger partial charge in [-0.1, -0.05) is 0 Å². The van der Waals surface area contributed by atoms with Crippen molar-refractivity contribution < 1.29 is 19.1 Å². The van der Waals surface area contributed by atoms with Crippen molar-refractivity contribution in [3.8, 4) is 5.75 Å². The normalized spacial score (nSPS) is 21.4. The predicted molar refractivity (Wildman–Crippen MR) is 89.7 cm³/mol. The van der Waals surface area contributed by atoms with E-state index in [9.17, 15) is 9.59 Å². The topological polar surface area (TPSA) is 71.1 Å². The predicted octanol–water partition coefficient (Wildman–Crippen LogP) is 1.48. The van der Waals surface area contributed by atoms with Crippen molar-refractivity contribution in [2.75, 3.05) is 44.9 Å². The maximum atomic E-state index is 12.9. The van der Waals surface area contributed by atoms with Gasteiger partial charge < -0.3 is 19.7 Å². The van der Waals surface area contributed by atoms with Crippen molar-refractivity contribution in [1.29, 1.82) is 0 Å². The second-order valence-corrected chi connectivity index (χ2v) is 6.02. The molecule has 1 aromatic carbocycles. The van der Waals surface area contributed by atoms with E-state index in [4.69, 9.17) is 9.47 Å². The van der Waals surface area contributed by atoms with Gasteiger partial charge in [0.2, 0.25) is 0 Å². The smallest absolute Gasteiger partial charge is 0.322 e. The van der Waals surface area contributed by atoms with Crippen LogP contribution < -0.4 is 15.0 Å². The van der Waals surface area contributed by atoms with E-state index in [0.717, 1.165) is 6.42 Å². The average Bonchev–Trinajstić information content (AvgIpc) is 2.90. The highest BCUT2D eigenvalue weighted by atomic mass is 16.5. The number of carbonyl (C=O) groups is 2. The lowest BCUT2D eigenvalue weighted by atomic mass is 10.1. The first-order valence-corrected chi connectivity index (χ1v) is 8.24. The molecule has 0 saturated carbocycles. The first-order chi connectivity index (χ1) is 11.6. The average molecular weight is 333 g/mol. The summed E-state index contributed by atoms with van der Waals surface area (Å²) in [6.07, 6.45) is 0.823. The lowest BCUT2D eigenvalue weighted by Crippen LogP contribution is -2.39. The number of ether oxygens (including phenoxy) is 2. The minimum absolute atomic E-state index is 0.0449. The summed E-state index contributed by atoms with van der Waals surface area (Å²) in [6.45, 7) is 4.97. The Morgan fingerprint density at radius 1 is 1.33 bits per heavy atom. The first kappa shape index (κ1) is 16.6. The molecule has 2 saturated heterocycles. The maximum Gasteiger partial charge on any atom is 0.322 e. The molecule has 0 aromatic heterocycles. The number of hydrogen-bond donors (Lipinski definition) is 1. The molecule has 3 amide bonds. The van der Waals surface area contributed by atoms with E-state index in [1.54, 1.807) is 30.2 Å². The molecule has 2 aliphatic heterocycles. The molecular weight excluding hydrogens is 310 g/mol. The number of rotatable bonds is 3. The zero-order valence-electron chi connectivity index (χ0n) is 14.1. The highest BCUT2D eigenvalue weighted by molar-refractivity contribution is 6.00. The van der Waals surface area contributed by atoms with Crippen molar-refractivity contribution in [3.63, 3.8) is 0 Å². The van der Waals surface area contributed by atoms with E-state index < -0.39 is 0 Å². The Bertz CT molecular complexity index is 634. The summed E-state index contributed by atoms with van der Waals surface area (Å²) in [5.41, 5.74) is 1.18. The highest BCUT2D eigenvalue weighted by Crippen LogP contribution is 2.31. The third-order valence-electron chi connectivity index (χ3n) is 4.52. The quantitative estimate of drug-likeness (QED) is 0.909. The Balaban J connectivity index is 1.90. The Hall–Kier alpha value is -2.28. The van der Waals surface area contributed by atoms with Crippen LogP contribution in [-0.2, 0) is 4.74 Å². The van der Waals surface area contributed by atoms with Crippen molar-refractivity contribution >= 4 is 17.6 Å². The molecule has 1 N–H and O–H groups in total. The molecule has 0 radical (unpaired) electrons. The van der Waals surface area contributed by atoms with Crippen molar-refractivity contribution in [3.05, 3.63) is 23.8 Å². The molecule has 0 spiro atoms. The fourth-order valence-electron chi connectivity index (χ4n) is 3.10. The molecule has 7 heteroatoms. The number of amides is 3. The van der Waals surface area contributed by atoms with Crippen LogP contribution in [0.5, 0.6) is 5.75 Å². The molecular formula is C17H23N3O4. The number of urea groups is 1. The summed E-state index contributed by atoms with van der Waals surface area (Å²) in [6, 6.07) is 5.18. The molecule has 0 aliphatic carbocycles. The molecule has 2 aliphatic rings. The van der Waals surface area contributed by atoms with Crippen LogP contribution in [0.4, 0.5) is 10.5 Å². The Labute approximate surface area is 141 Å². The summed E-state index contributed by atoms with van der Waals surface area (Å²) >= 11 is 0. The fourth-order valence-corrected chi connectivity index (χ4v) is 3.10. The van der Waals surface area contributed by atoms with Gasteiger partial charge in [-0.3, -0.25) is 9.69 Å². The number of methoxy groups -OCH3 is 1. The molecule has 7 nitrogen and oxygen atoms in total. The molecule has 24 heavy (non-hydrogen) atoms. The molecule has 3 rings (SSSR count). The van der Waals surface area contributed by atoms with Gasteiger partial charge in [0.05, 0.1) is 19.4 Å². The van der Waals surface area contributed by atoms with Crippen LogP contribution in [0.25, 0.3) is 0 Å². The Kier molecular flexibility index (Phi) is 4.89. The third-order valence-corrected chi connectivity index (χ3v) is 4.52. The van der Waals surface area contributed by atoms with Crippen LogP contribution in [-0.4, -0.2) is 62.8 Å². The Morgan fingerprint density at radius 2 is 2.17 bits per heavy atom. The second-order valence-electron chi connectivity index (χ2n) is 6.02. The maximum absolute atomic E-state index is 12.9. The summed E-state index contributed by atoms with van der Waals surface area (Å²) in [7, 11) is 1.56. The highest BCUT2D eigenvalue weighted by Gasteiger charge is 2.27. The van der Waals surface area contributed by atoms with E-state index >= 15 is 0 Å². The summed E-state index contributed by atoms with van der Waals surface area (Å²) in [5.74, 6) is 0.535. The molecule has 1 aromatic rings. The second kappa shape index (κ2) is 7.09. The summed E-state index contributed by atoms with van der Waals surface area (Å²) in [5, 5.41) is 2.77. The van der Waals surface area contributed by atoms with Crippen LogP contribution in [0.15, 0.2) is 18.2 Å². The molecule has 0 bridgehead atoms. The van der Waals surface area contributed by atoms with E-state index in [2.05, 4.69) is 5.32 Å². The van der Waals surface area contributed by atoms with E-state index in [-0.39, 0.29) is 18.0 Å². The molecule has 1 atom stereocenters. The SMILES string of the molecule is COc1ccc(C(=O)N2CCOCCC2C)cc1N1CCNC1=O. The first-order valence-electron chi connectivity index (χ1n) is 8.24. The van der Waals surface area contributed by atoms with Gasteiger partial charge in [-0.2, -0.15) is 0 Å². The number of benzene rings is 1. The van der Waals surface area contributed by atoms with E-state index in [1.165, 1.54) is 0 Å². The Morgan fingerprint density at radius 3 is 2.88 bits per heavy atom. The summed E-state index contributed by atoms with van der Waals surface area (Å²) in [4.78, 5) is 28.3. The van der Waals surface area contributed by atoms with Crippen LogP contribution in [0, 0.1) is 0 Å². The third kappa shape index (κ3) is 3.17. The van der Waals surface area contributed by atoms with Crippen molar-refractivity contribution in [2.45, 2.75) is 19.4 Å². The fraction of sp³-hybridized carbons (Fsp3) is 0.529. The zero-order valence-corrected chi connectivity index (χ0v) is 14.1. The van der Waals surface area contributed by atoms with Gasteiger partial charge in [0, 0.05) is 37.8 Å². The van der Waals surface area contributed by atoms with Crippen molar-refractivity contribution in [2.24, 2.45) is 0 Å². The lowest BCUT2D eigenvalue weighted by molar-refractivity contribution is 0.0687. The van der Waals surface area contributed by atoms with Crippen molar-refractivity contribution in [1.82, 2.24) is 10.2 Å². The van der Waals surface area contributed by atoms with Crippen LogP contribution >= 0.6 is 0 Å². The lowest BCUT2D eigenvalue weighted by Gasteiger charge is -2.27. The minimum Gasteiger partial charge on any atom is -0.495 e. The molecule has 1 unspecified atom stereocenters.